The molecule has 0 atom stereocenters. The maximum absolute atomic E-state index is 12.4. The lowest BCUT2D eigenvalue weighted by Gasteiger charge is -2.08. The zero-order chi connectivity index (χ0) is 18.6. The standard InChI is InChI=1S/C21H18N4OS/c1-25-20(6-8-24-25)19-10-15(11-22-13-19)12-23-21(26)17-4-2-16(3-5-17)18-7-9-27-14-18/h2-11,13-14H,12H2,1H3,(H,23,26). The van der Waals surface area contributed by atoms with Crippen LogP contribution in [0.5, 0.6) is 0 Å². The van der Waals surface area contributed by atoms with Crippen LogP contribution in [0.25, 0.3) is 22.4 Å². The van der Waals surface area contributed by atoms with Gasteiger partial charge in [-0.15, -0.1) is 0 Å². The number of benzene rings is 1. The Bertz CT molecular complexity index is 1050. The molecule has 0 bridgehead atoms. The molecule has 3 aromatic heterocycles. The summed E-state index contributed by atoms with van der Waals surface area (Å²) in [6, 6.07) is 13.7. The molecular weight excluding hydrogens is 356 g/mol. The summed E-state index contributed by atoms with van der Waals surface area (Å²) in [5, 5.41) is 11.3. The summed E-state index contributed by atoms with van der Waals surface area (Å²) in [6.45, 7) is 0.420. The average molecular weight is 374 g/mol. The molecule has 0 aliphatic carbocycles. The fourth-order valence-electron chi connectivity index (χ4n) is 2.91. The monoisotopic (exact) mass is 374 g/mol. The lowest BCUT2D eigenvalue weighted by molar-refractivity contribution is 0.0951. The van der Waals surface area contributed by atoms with Crippen LogP contribution in [-0.2, 0) is 13.6 Å². The minimum Gasteiger partial charge on any atom is -0.348 e. The number of nitrogens with one attached hydrogen (secondary N) is 1. The fourth-order valence-corrected chi connectivity index (χ4v) is 3.57. The van der Waals surface area contributed by atoms with E-state index >= 15 is 0 Å². The van der Waals surface area contributed by atoms with Gasteiger partial charge in [0, 0.05) is 43.3 Å². The van der Waals surface area contributed by atoms with Crippen molar-refractivity contribution in [1.82, 2.24) is 20.1 Å². The predicted molar refractivity (Wildman–Crippen MR) is 107 cm³/mol. The second-order valence-corrected chi connectivity index (χ2v) is 6.97. The largest absolute Gasteiger partial charge is 0.348 e. The van der Waals surface area contributed by atoms with E-state index in [0.29, 0.717) is 12.1 Å². The molecule has 5 nitrogen and oxygen atoms in total. The Kier molecular flexibility index (Phi) is 4.80. The van der Waals surface area contributed by atoms with Gasteiger partial charge in [-0.2, -0.15) is 16.4 Å². The minimum absolute atomic E-state index is 0.0993. The van der Waals surface area contributed by atoms with Crippen LogP contribution < -0.4 is 5.32 Å². The van der Waals surface area contributed by atoms with Crippen LogP contribution in [0, 0.1) is 0 Å². The molecule has 0 aliphatic heterocycles. The normalized spacial score (nSPS) is 10.7. The third kappa shape index (κ3) is 3.80. The molecule has 134 valence electrons. The molecule has 0 saturated heterocycles. The molecule has 1 amide bonds. The van der Waals surface area contributed by atoms with E-state index in [1.54, 1.807) is 34.6 Å². The van der Waals surface area contributed by atoms with Crippen molar-refractivity contribution in [2.75, 3.05) is 0 Å². The first-order chi connectivity index (χ1) is 13.2. The molecule has 6 heteroatoms. The summed E-state index contributed by atoms with van der Waals surface area (Å²) in [5.74, 6) is -0.0993. The summed E-state index contributed by atoms with van der Waals surface area (Å²) in [7, 11) is 1.89. The highest BCUT2D eigenvalue weighted by molar-refractivity contribution is 7.08. The molecular formula is C21H18N4OS. The maximum atomic E-state index is 12.4. The zero-order valence-electron chi connectivity index (χ0n) is 14.8. The molecule has 4 rings (SSSR count). The Labute approximate surface area is 161 Å². The van der Waals surface area contributed by atoms with Crippen LogP contribution in [0.4, 0.5) is 0 Å². The van der Waals surface area contributed by atoms with Gasteiger partial charge in [0.05, 0.1) is 5.69 Å². The molecule has 3 heterocycles. The Hall–Kier alpha value is -3.25. The number of amides is 1. The molecule has 0 fully saturated rings. The average Bonchev–Trinajstić information content (AvgIpc) is 3.38. The molecule has 0 saturated carbocycles. The summed E-state index contributed by atoms with van der Waals surface area (Å²) in [6.07, 6.45) is 5.31. The molecule has 0 radical (unpaired) electrons. The van der Waals surface area contributed by atoms with Gasteiger partial charge in [-0.3, -0.25) is 14.5 Å². The van der Waals surface area contributed by atoms with Gasteiger partial charge in [-0.25, -0.2) is 0 Å². The van der Waals surface area contributed by atoms with Crippen LogP contribution in [0.3, 0.4) is 0 Å². The van der Waals surface area contributed by atoms with Gasteiger partial charge in [0.1, 0.15) is 0 Å². The predicted octanol–water partition coefficient (Wildman–Crippen LogP) is 4.14. The molecule has 0 unspecified atom stereocenters. The molecule has 1 N–H and O–H groups in total. The van der Waals surface area contributed by atoms with Crippen LogP contribution >= 0.6 is 11.3 Å². The van der Waals surface area contributed by atoms with E-state index in [1.165, 1.54) is 5.56 Å². The Morgan fingerprint density at radius 1 is 1.07 bits per heavy atom. The van der Waals surface area contributed by atoms with Crippen LogP contribution in [0.1, 0.15) is 15.9 Å². The van der Waals surface area contributed by atoms with Crippen molar-refractivity contribution in [3.8, 4) is 22.4 Å². The van der Waals surface area contributed by atoms with Gasteiger partial charge in [-0.05, 0) is 57.8 Å². The first-order valence-electron chi connectivity index (χ1n) is 8.54. The minimum atomic E-state index is -0.0993. The third-order valence-electron chi connectivity index (χ3n) is 4.37. The van der Waals surface area contributed by atoms with E-state index in [4.69, 9.17) is 0 Å². The zero-order valence-corrected chi connectivity index (χ0v) is 15.6. The summed E-state index contributed by atoms with van der Waals surface area (Å²) in [5.41, 5.74) is 5.83. The summed E-state index contributed by atoms with van der Waals surface area (Å²) in [4.78, 5) is 16.7. The van der Waals surface area contributed by atoms with Gasteiger partial charge in [-0.1, -0.05) is 12.1 Å². The number of thiophene rings is 1. The molecule has 27 heavy (non-hydrogen) atoms. The van der Waals surface area contributed by atoms with Gasteiger partial charge in [0.15, 0.2) is 0 Å². The van der Waals surface area contributed by atoms with Crippen LogP contribution in [-0.4, -0.2) is 20.7 Å². The first kappa shape index (κ1) is 17.2. The van der Waals surface area contributed by atoms with Gasteiger partial charge in [0.25, 0.3) is 5.91 Å². The van der Waals surface area contributed by atoms with Crippen molar-refractivity contribution >= 4 is 17.2 Å². The van der Waals surface area contributed by atoms with E-state index in [-0.39, 0.29) is 5.91 Å². The Balaban J connectivity index is 1.43. The highest BCUT2D eigenvalue weighted by atomic mass is 32.1. The van der Waals surface area contributed by atoms with Crippen molar-refractivity contribution in [2.45, 2.75) is 6.54 Å². The van der Waals surface area contributed by atoms with Crippen molar-refractivity contribution in [1.29, 1.82) is 0 Å². The molecule has 0 spiro atoms. The van der Waals surface area contributed by atoms with Gasteiger partial charge >= 0.3 is 0 Å². The van der Waals surface area contributed by atoms with Crippen molar-refractivity contribution in [3.63, 3.8) is 0 Å². The number of rotatable bonds is 5. The van der Waals surface area contributed by atoms with E-state index < -0.39 is 0 Å². The van der Waals surface area contributed by atoms with Gasteiger partial charge < -0.3 is 5.32 Å². The van der Waals surface area contributed by atoms with Gasteiger partial charge in [0.2, 0.25) is 0 Å². The number of nitrogens with zero attached hydrogens (tertiary/aromatic N) is 3. The van der Waals surface area contributed by atoms with E-state index in [0.717, 1.165) is 22.4 Å². The SMILES string of the molecule is Cn1nccc1-c1cncc(CNC(=O)c2ccc(-c3ccsc3)cc2)c1. The van der Waals surface area contributed by atoms with Crippen LogP contribution in [0.15, 0.2) is 71.8 Å². The highest BCUT2D eigenvalue weighted by Crippen LogP contribution is 2.22. The lowest BCUT2D eigenvalue weighted by Crippen LogP contribution is -2.22. The van der Waals surface area contributed by atoms with E-state index in [9.17, 15) is 4.79 Å². The van der Waals surface area contributed by atoms with Crippen molar-refractivity contribution in [2.24, 2.45) is 7.05 Å². The highest BCUT2D eigenvalue weighted by Gasteiger charge is 2.08. The summed E-state index contributed by atoms with van der Waals surface area (Å²) < 4.78 is 1.80. The number of aryl methyl sites for hydroxylation is 1. The van der Waals surface area contributed by atoms with Crippen molar-refractivity contribution in [3.05, 3.63) is 82.9 Å². The number of carbonyl (C=O) groups excluding carboxylic acids is 1. The number of hydrogen-bond donors (Lipinski definition) is 1. The molecule has 1 aromatic carbocycles. The first-order valence-corrected chi connectivity index (χ1v) is 9.48. The number of carbonyl (C=O) groups is 1. The quantitative estimate of drug-likeness (QED) is 0.571. The summed E-state index contributed by atoms with van der Waals surface area (Å²) >= 11 is 1.66. The second kappa shape index (κ2) is 7.55. The number of hydrogen-bond acceptors (Lipinski definition) is 4. The number of pyridine rings is 1. The van der Waals surface area contributed by atoms with Crippen molar-refractivity contribution < 1.29 is 4.79 Å². The molecule has 4 aromatic rings. The Morgan fingerprint density at radius 3 is 2.63 bits per heavy atom. The van der Waals surface area contributed by atoms with Crippen LogP contribution in [0.2, 0.25) is 0 Å². The topological polar surface area (TPSA) is 59.8 Å². The fraction of sp³-hybridized carbons (Fsp3) is 0.0952. The third-order valence-corrected chi connectivity index (χ3v) is 5.05. The second-order valence-electron chi connectivity index (χ2n) is 6.19. The van der Waals surface area contributed by atoms with E-state index in [1.807, 2.05) is 48.8 Å². The van der Waals surface area contributed by atoms with E-state index in [2.05, 4.69) is 26.8 Å². The number of aromatic nitrogens is 3. The maximum Gasteiger partial charge on any atom is 0.251 e. The Morgan fingerprint density at radius 2 is 1.93 bits per heavy atom. The molecule has 0 aliphatic rings. The lowest BCUT2D eigenvalue weighted by atomic mass is 10.1. The smallest absolute Gasteiger partial charge is 0.251 e.